The molecule has 112 valence electrons. The highest BCUT2D eigenvalue weighted by Crippen LogP contribution is 2.28. The van der Waals surface area contributed by atoms with E-state index in [1.54, 1.807) is 0 Å². The third-order valence-corrected chi connectivity index (χ3v) is 5.00. The van der Waals surface area contributed by atoms with E-state index in [4.69, 9.17) is 4.74 Å². The van der Waals surface area contributed by atoms with Gasteiger partial charge in [-0.25, -0.2) is 0 Å². The van der Waals surface area contributed by atoms with E-state index in [0.717, 1.165) is 25.6 Å². The number of nitrogens with zero attached hydrogens (tertiary/aromatic N) is 1. The summed E-state index contributed by atoms with van der Waals surface area (Å²) in [5.74, 6) is 0.810. The summed E-state index contributed by atoms with van der Waals surface area (Å²) in [6.07, 6.45) is 8.81. The zero-order valence-electron chi connectivity index (χ0n) is 13.0. The minimum atomic E-state index is 0.379. The molecule has 3 nitrogen and oxygen atoms in total. The average Bonchev–Trinajstić information content (AvgIpc) is 2.69. The molecule has 0 aromatic heterocycles. The van der Waals surface area contributed by atoms with E-state index in [1.165, 1.54) is 38.5 Å². The maximum Gasteiger partial charge on any atom is 0.0857 e. The molecule has 2 fully saturated rings. The van der Waals surface area contributed by atoms with E-state index in [9.17, 15) is 0 Å². The summed E-state index contributed by atoms with van der Waals surface area (Å²) in [7, 11) is 2.12. The lowest BCUT2D eigenvalue weighted by molar-refractivity contribution is -0.0646. The van der Waals surface area contributed by atoms with Gasteiger partial charge in [0.15, 0.2) is 0 Å². The van der Waals surface area contributed by atoms with Crippen LogP contribution in [0, 0.1) is 5.92 Å². The van der Waals surface area contributed by atoms with Crippen LogP contribution in [-0.4, -0.2) is 49.8 Å². The average molecular weight is 268 g/mol. The summed E-state index contributed by atoms with van der Waals surface area (Å²) < 4.78 is 6.10. The van der Waals surface area contributed by atoms with Crippen LogP contribution in [-0.2, 0) is 4.74 Å². The highest BCUT2D eigenvalue weighted by atomic mass is 16.5. The fourth-order valence-corrected chi connectivity index (χ4v) is 3.78. The predicted molar refractivity (Wildman–Crippen MR) is 80.5 cm³/mol. The summed E-state index contributed by atoms with van der Waals surface area (Å²) in [5, 5.41) is 3.58. The number of ether oxygens (including phenoxy) is 1. The molecule has 0 aromatic rings. The zero-order valence-corrected chi connectivity index (χ0v) is 13.0. The smallest absolute Gasteiger partial charge is 0.0857 e. The molecule has 0 amide bonds. The molecule has 0 bridgehead atoms. The summed E-state index contributed by atoms with van der Waals surface area (Å²) in [6.45, 7) is 7.67. The van der Waals surface area contributed by atoms with Crippen LogP contribution in [0.1, 0.15) is 52.4 Å². The number of nitrogens with one attached hydrogen (secondary N) is 1. The van der Waals surface area contributed by atoms with Crippen molar-refractivity contribution in [1.82, 2.24) is 10.2 Å². The molecule has 0 spiro atoms. The molecule has 19 heavy (non-hydrogen) atoms. The zero-order chi connectivity index (χ0) is 13.7. The van der Waals surface area contributed by atoms with Gasteiger partial charge in [-0.15, -0.1) is 0 Å². The molecule has 2 rings (SSSR count). The number of hydrogen-bond donors (Lipinski definition) is 1. The van der Waals surface area contributed by atoms with E-state index in [2.05, 4.69) is 31.1 Å². The summed E-state index contributed by atoms with van der Waals surface area (Å²) >= 11 is 0. The highest BCUT2D eigenvalue weighted by molar-refractivity contribution is 4.88. The van der Waals surface area contributed by atoms with Gasteiger partial charge < -0.3 is 10.1 Å². The predicted octanol–water partition coefficient (Wildman–Crippen LogP) is 2.65. The van der Waals surface area contributed by atoms with Crippen molar-refractivity contribution in [1.29, 1.82) is 0 Å². The molecule has 0 radical (unpaired) electrons. The van der Waals surface area contributed by atoms with Crippen molar-refractivity contribution in [2.75, 3.05) is 26.7 Å². The van der Waals surface area contributed by atoms with Crippen LogP contribution in [0.3, 0.4) is 0 Å². The van der Waals surface area contributed by atoms with Crippen LogP contribution < -0.4 is 5.32 Å². The van der Waals surface area contributed by atoms with Crippen molar-refractivity contribution in [3.05, 3.63) is 0 Å². The highest BCUT2D eigenvalue weighted by Gasteiger charge is 2.33. The minimum absolute atomic E-state index is 0.379. The Kier molecular flexibility index (Phi) is 6.11. The molecule has 1 N–H and O–H groups in total. The molecular formula is C16H32N2O. The SMILES string of the molecule is CNC(C1CCCCCC1)C1CN(C(C)C)CCO1. The molecule has 1 aliphatic heterocycles. The van der Waals surface area contributed by atoms with Gasteiger partial charge in [0.1, 0.15) is 0 Å². The fraction of sp³-hybridized carbons (Fsp3) is 1.00. The lowest BCUT2D eigenvalue weighted by Gasteiger charge is -2.41. The van der Waals surface area contributed by atoms with Crippen LogP contribution >= 0.6 is 0 Å². The molecule has 0 aromatic carbocycles. The van der Waals surface area contributed by atoms with Crippen molar-refractivity contribution in [2.45, 2.75) is 70.6 Å². The Morgan fingerprint density at radius 1 is 1.11 bits per heavy atom. The molecule has 3 heteroatoms. The number of hydrogen-bond acceptors (Lipinski definition) is 3. The fourth-order valence-electron chi connectivity index (χ4n) is 3.78. The molecular weight excluding hydrogens is 236 g/mol. The third kappa shape index (κ3) is 4.17. The standard InChI is InChI=1S/C16H32N2O/c1-13(2)18-10-11-19-15(12-18)16(17-3)14-8-6-4-5-7-9-14/h13-17H,4-12H2,1-3H3. The first kappa shape index (κ1) is 15.3. The van der Waals surface area contributed by atoms with Crippen molar-refractivity contribution < 1.29 is 4.74 Å². The second-order valence-electron chi connectivity index (χ2n) is 6.56. The third-order valence-electron chi connectivity index (χ3n) is 5.00. The first-order valence-corrected chi connectivity index (χ1v) is 8.25. The van der Waals surface area contributed by atoms with Gasteiger partial charge in [0.25, 0.3) is 0 Å². The molecule has 2 aliphatic rings. The van der Waals surface area contributed by atoms with Crippen molar-refractivity contribution in [3.63, 3.8) is 0 Å². The Balaban J connectivity index is 1.95. The lowest BCUT2D eigenvalue weighted by atomic mass is 9.87. The van der Waals surface area contributed by atoms with Crippen LogP contribution in [0.2, 0.25) is 0 Å². The number of likely N-dealkylation sites (N-methyl/N-ethyl adjacent to an activating group) is 1. The maximum absolute atomic E-state index is 6.10. The molecule has 1 aliphatic carbocycles. The Morgan fingerprint density at radius 2 is 1.79 bits per heavy atom. The Hall–Kier alpha value is -0.120. The van der Waals surface area contributed by atoms with Crippen molar-refractivity contribution in [2.24, 2.45) is 5.92 Å². The second kappa shape index (κ2) is 7.61. The van der Waals surface area contributed by atoms with Gasteiger partial charge in [0.05, 0.1) is 12.7 Å². The van der Waals surface area contributed by atoms with E-state index in [0.29, 0.717) is 18.2 Å². The maximum atomic E-state index is 6.10. The Labute approximate surface area is 119 Å². The monoisotopic (exact) mass is 268 g/mol. The topological polar surface area (TPSA) is 24.5 Å². The van der Waals surface area contributed by atoms with Crippen molar-refractivity contribution in [3.8, 4) is 0 Å². The summed E-state index contributed by atoms with van der Waals surface area (Å²) in [5.41, 5.74) is 0. The second-order valence-corrected chi connectivity index (χ2v) is 6.56. The first-order valence-electron chi connectivity index (χ1n) is 8.25. The first-order chi connectivity index (χ1) is 9.22. The van der Waals surface area contributed by atoms with Gasteiger partial charge in [0.2, 0.25) is 0 Å². The Morgan fingerprint density at radius 3 is 2.37 bits per heavy atom. The van der Waals surface area contributed by atoms with Crippen LogP contribution in [0.25, 0.3) is 0 Å². The van der Waals surface area contributed by atoms with Crippen molar-refractivity contribution >= 4 is 0 Å². The quantitative estimate of drug-likeness (QED) is 0.793. The van der Waals surface area contributed by atoms with E-state index in [1.807, 2.05) is 0 Å². The van der Waals surface area contributed by atoms with Gasteiger partial charge in [-0.2, -0.15) is 0 Å². The van der Waals surface area contributed by atoms with Crippen LogP contribution in [0.4, 0.5) is 0 Å². The molecule has 1 saturated heterocycles. The van der Waals surface area contributed by atoms with E-state index < -0.39 is 0 Å². The van der Waals surface area contributed by atoms with Gasteiger partial charge >= 0.3 is 0 Å². The van der Waals surface area contributed by atoms with Crippen LogP contribution in [0.15, 0.2) is 0 Å². The van der Waals surface area contributed by atoms with Gasteiger partial charge in [-0.1, -0.05) is 25.7 Å². The normalized spacial score (nSPS) is 29.4. The number of rotatable bonds is 4. The van der Waals surface area contributed by atoms with Gasteiger partial charge in [0, 0.05) is 25.2 Å². The molecule has 2 atom stereocenters. The molecule has 2 unspecified atom stereocenters. The molecule has 1 saturated carbocycles. The number of morpholine rings is 1. The van der Waals surface area contributed by atoms with Crippen LogP contribution in [0.5, 0.6) is 0 Å². The van der Waals surface area contributed by atoms with E-state index in [-0.39, 0.29) is 0 Å². The van der Waals surface area contributed by atoms with E-state index >= 15 is 0 Å². The van der Waals surface area contributed by atoms with Gasteiger partial charge in [-0.05, 0) is 39.7 Å². The molecule has 1 heterocycles. The summed E-state index contributed by atoms with van der Waals surface area (Å²) in [4.78, 5) is 2.56. The summed E-state index contributed by atoms with van der Waals surface area (Å²) in [6, 6.07) is 1.18. The minimum Gasteiger partial charge on any atom is -0.374 e. The van der Waals surface area contributed by atoms with Gasteiger partial charge in [-0.3, -0.25) is 4.90 Å². The lowest BCUT2D eigenvalue weighted by Crippen LogP contribution is -2.55. The largest absolute Gasteiger partial charge is 0.374 e. The Bertz CT molecular complexity index is 249.